The molecule has 70 valence electrons. The first-order valence-corrected chi connectivity index (χ1v) is 5.27. The van der Waals surface area contributed by atoms with Crippen LogP contribution >= 0.6 is 15.9 Å². The van der Waals surface area contributed by atoms with Gasteiger partial charge in [-0.15, -0.1) is 6.58 Å². The van der Waals surface area contributed by atoms with Crippen LogP contribution in [0.15, 0.2) is 12.7 Å². The Labute approximate surface area is 82.1 Å². The van der Waals surface area contributed by atoms with Gasteiger partial charge in [0.2, 0.25) is 0 Å². The standard InChI is InChI=1S/C9H15BrO2/c1-2-4-11-7-9(6-10)3-5-12-8-9/h2H,1,3-8H2. The minimum Gasteiger partial charge on any atom is -0.381 e. The Balaban J connectivity index is 2.28. The molecule has 1 heterocycles. The molecular weight excluding hydrogens is 220 g/mol. The highest BCUT2D eigenvalue weighted by Gasteiger charge is 2.33. The first-order chi connectivity index (χ1) is 5.83. The van der Waals surface area contributed by atoms with E-state index in [2.05, 4.69) is 22.5 Å². The summed E-state index contributed by atoms with van der Waals surface area (Å²) in [7, 11) is 0. The van der Waals surface area contributed by atoms with Crippen molar-refractivity contribution in [2.75, 3.05) is 31.8 Å². The fraction of sp³-hybridized carbons (Fsp3) is 0.778. The first-order valence-electron chi connectivity index (χ1n) is 4.15. The summed E-state index contributed by atoms with van der Waals surface area (Å²) >= 11 is 3.50. The fourth-order valence-corrected chi connectivity index (χ4v) is 1.87. The molecule has 0 amide bonds. The number of halogens is 1. The predicted octanol–water partition coefficient (Wildman–Crippen LogP) is 1.99. The quantitative estimate of drug-likeness (QED) is 0.412. The van der Waals surface area contributed by atoms with Gasteiger partial charge in [0.05, 0.1) is 19.8 Å². The van der Waals surface area contributed by atoms with Gasteiger partial charge in [-0.1, -0.05) is 22.0 Å². The Hall–Kier alpha value is 0.140. The second-order valence-electron chi connectivity index (χ2n) is 3.24. The molecule has 1 aliphatic rings. The lowest BCUT2D eigenvalue weighted by Crippen LogP contribution is -2.29. The van der Waals surface area contributed by atoms with E-state index in [0.29, 0.717) is 6.61 Å². The molecule has 0 bridgehead atoms. The highest BCUT2D eigenvalue weighted by molar-refractivity contribution is 9.09. The summed E-state index contributed by atoms with van der Waals surface area (Å²) in [4.78, 5) is 0. The van der Waals surface area contributed by atoms with Gasteiger partial charge in [0.15, 0.2) is 0 Å². The van der Waals surface area contributed by atoms with Crippen LogP contribution in [0.1, 0.15) is 6.42 Å². The first kappa shape index (κ1) is 10.2. The van der Waals surface area contributed by atoms with E-state index in [9.17, 15) is 0 Å². The second kappa shape index (κ2) is 5.00. The summed E-state index contributed by atoms with van der Waals surface area (Å²) < 4.78 is 10.8. The molecule has 0 radical (unpaired) electrons. The van der Waals surface area contributed by atoms with E-state index in [0.717, 1.165) is 31.6 Å². The SMILES string of the molecule is C=CCOCC1(CBr)CCOC1. The van der Waals surface area contributed by atoms with Gasteiger partial charge in [0.1, 0.15) is 0 Å². The Morgan fingerprint density at radius 3 is 3.00 bits per heavy atom. The van der Waals surface area contributed by atoms with E-state index >= 15 is 0 Å². The Bertz CT molecular complexity index is 141. The highest BCUT2D eigenvalue weighted by Crippen LogP contribution is 2.30. The van der Waals surface area contributed by atoms with Crippen molar-refractivity contribution in [1.29, 1.82) is 0 Å². The van der Waals surface area contributed by atoms with Crippen LogP contribution < -0.4 is 0 Å². The van der Waals surface area contributed by atoms with Crippen LogP contribution in [-0.4, -0.2) is 31.8 Å². The zero-order valence-electron chi connectivity index (χ0n) is 7.22. The normalized spacial score (nSPS) is 29.1. The molecule has 0 saturated carbocycles. The van der Waals surface area contributed by atoms with Crippen molar-refractivity contribution in [3.63, 3.8) is 0 Å². The van der Waals surface area contributed by atoms with Crippen molar-refractivity contribution in [2.45, 2.75) is 6.42 Å². The number of rotatable bonds is 5. The third kappa shape index (κ3) is 2.57. The Morgan fingerprint density at radius 1 is 1.67 bits per heavy atom. The molecule has 1 atom stereocenters. The van der Waals surface area contributed by atoms with Gasteiger partial charge >= 0.3 is 0 Å². The maximum absolute atomic E-state index is 5.43. The maximum atomic E-state index is 5.43. The monoisotopic (exact) mass is 234 g/mol. The Kier molecular flexibility index (Phi) is 4.26. The minimum atomic E-state index is 0.211. The van der Waals surface area contributed by atoms with Gasteiger partial charge < -0.3 is 9.47 Å². The molecule has 0 aromatic heterocycles. The summed E-state index contributed by atoms with van der Waals surface area (Å²) in [5.74, 6) is 0. The van der Waals surface area contributed by atoms with E-state index in [4.69, 9.17) is 9.47 Å². The third-order valence-corrected chi connectivity index (χ3v) is 3.30. The molecule has 0 N–H and O–H groups in total. The molecule has 0 spiro atoms. The molecular formula is C9H15BrO2. The average Bonchev–Trinajstić information content (AvgIpc) is 2.55. The van der Waals surface area contributed by atoms with Crippen LogP contribution in [0, 0.1) is 5.41 Å². The van der Waals surface area contributed by atoms with Crippen LogP contribution in [-0.2, 0) is 9.47 Å². The van der Waals surface area contributed by atoms with Crippen molar-refractivity contribution in [2.24, 2.45) is 5.41 Å². The molecule has 0 aliphatic carbocycles. The second-order valence-corrected chi connectivity index (χ2v) is 3.80. The summed E-state index contributed by atoms with van der Waals surface area (Å²) in [6, 6.07) is 0. The van der Waals surface area contributed by atoms with Crippen LogP contribution in [0.4, 0.5) is 0 Å². The van der Waals surface area contributed by atoms with Gasteiger partial charge in [-0.05, 0) is 6.42 Å². The molecule has 0 aromatic carbocycles. The molecule has 3 heteroatoms. The fourth-order valence-electron chi connectivity index (χ4n) is 1.27. The number of ether oxygens (including phenoxy) is 2. The van der Waals surface area contributed by atoms with Gasteiger partial charge in [-0.3, -0.25) is 0 Å². The topological polar surface area (TPSA) is 18.5 Å². The summed E-state index contributed by atoms with van der Waals surface area (Å²) in [6.07, 6.45) is 2.87. The molecule has 0 aromatic rings. The molecule has 1 rings (SSSR count). The number of hydrogen-bond donors (Lipinski definition) is 0. The van der Waals surface area contributed by atoms with Gasteiger partial charge in [0.25, 0.3) is 0 Å². The van der Waals surface area contributed by atoms with E-state index < -0.39 is 0 Å². The number of alkyl halides is 1. The van der Waals surface area contributed by atoms with E-state index in [1.54, 1.807) is 6.08 Å². The van der Waals surface area contributed by atoms with E-state index in [-0.39, 0.29) is 5.41 Å². The average molecular weight is 235 g/mol. The zero-order chi connectivity index (χ0) is 8.86. The van der Waals surface area contributed by atoms with E-state index in [1.165, 1.54) is 0 Å². The van der Waals surface area contributed by atoms with Crippen LogP contribution in [0.2, 0.25) is 0 Å². The minimum absolute atomic E-state index is 0.211. The van der Waals surface area contributed by atoms with Crippen LogP contribution in [0.3, 0.4) is 0 Å². The van der Waals surface area contributed by atoms with Gasteiger partial charge in [0, 0.05) is 17.4 Å². The maximum Gasteiger partial charge on any atom is 0.0645 e. The lowest BCUT2D eigenvalue weighted by Gasteiger charge is -2.23. The lowest BCUT2D eigenvalue weighted by molar-refractivity contribution is 0.0613. The van der Waals surface area contributed by atoms with Crippen LogP contribution in [0.5, 0.6) is 0 Å². The third-order valence-electron chi connectivity index (χ3n) is 2.11. The zero-order valence-corrected chi connectivity index (χ0v) is 8.81. The van der Waals surface area contributed by atoms with Gasteiger partial charge in [-0.2, -0.15) is 0 Å². The highest BCUT2D eigenvalue weighted by atomic mass is 79.9. The molecule has 1 saturated heterocycles. The van der Waals surface area contributed by atoms with Crippen molar-refractivity contribution < 1.29 is 9.47 Å². The Morgan fingerprint density at radius 2 is 2.50 bits per heavy atom. The summed E-state index contributed by atoms with van der Waals surface area (Å²) in [5.41, 5.74) is 0.211. The molecule has 1 aliphatic heterocycles. The van der Waals surface area contributed by atoms with E-state index in [1.807, 2.05) is 0 Å². The summed E-state index contributed by atoms with van der Waals surface area (Å²) in [5, 5.41) is 0.955. The smallest absolute Gasteiger partial charge is 0.0645 e. The predicted molar refractivity (Wildman–Crippen MR) is 52.7 cm³/mol. The van der Waals surface area contributed by atoms with Crippen LogP contribution in [0.25, 0.3) is 0 Å². The summed E-state index contributed by atoms with van der Waals surface area (Å²) in [6.45, 7) is 6.69. The largest absolute Gasteiger partial charge is 0.381 e. The van der Waals surface area contributed by atoms with Crippen molar-refractivity contribution in [3.05, 3.63) is 12.7 Å². The van der Waals surface area contributed by atoms with Crippen molar-refractivity contribution >= 4 is 15.9 Å². The van der Waals surface area contributed by atoms with Crippen molar-refractivity contribution in [1.82, 2.24) is 0 Å². The molecule has 12 heavy (non-hydrogen) atoms. The molecule has 2 nitrogen and oxygen atoms in total. The van der Waals surface area contributed by atoms with Crippen molar-refractivity contribution in [3.8, 4) is 0 Å². The molecule has 1 fully saturated rings. The lowest BCUT2D eigenvalue weighted by atomic mass is 9.91. The number of hydrogen-bond acceptors (Lipinski definition) is 2. The molecule has 1 unspecified atom stereocenters. The van der Waals surface area contributed by atoms with Gasteiger partial charge in [-0.25, -0.2) is 0 Å².